The first-order valence-corrected chi connectivity index (χ1v) is 9.64. The summed E-state index contributed by atoms with van der Waals surface area (Å²) in [6, 6.07) is 0. The minimum absolute atomic E-state index is 0.136. The monoisotopic (exact) mass is 528 g/mol. The van der Waals surface area contributed by atoms with Crippen LogP contribution in [0.2, 0.25) is 0 Å². The highest BCUT2D eigenvalue weighted by Crippen LogP contribution is 2.62. The van der Waals surface area contributed by atoms with Gasteiger partial charge in [0.05, 0.1) is 0 Å². The van der Waals surface area contributed by atoms with Gasteiger partial charge in [-0.25, -0.2) is 0 Å². The van der Waals surface area contributed by atoms with E-state index in [0.29, 0.717) is 31.4 Å². The lowest BCUT2D eigenvalue weighted by Crippen LogP contribution is -2.72. The summed E-state index contributed by atoms with van der Waals surface area (Å²) in [5.74, 6) is -45.3. The fourth-order valence-corrected chi connectivity index (χ4v) is 2.72. The van der Waals surface area contributed by atoms with Gasteiger partial charge in [-0.2, -0.15) is 78.5 Å². The van der Waals surface area contributed by atoms with E-state index in [1.165, 1.54) is 0 Å². The van der Waals surface area contributed by atoms with E-state index in [1.807, 2.05) is 0 Å². The Hall–Kier alpha value is -0.700. The standard InChI is InChI=1S/C16H19F15S/c17-10(18,8-6-4-2-1-3-5-7-9-32)11(19,20)12(21,22)13(23,24)14(25,26)15(27,28)16(29,30)31/h32H,1-9H2. The molecule has 0 radical (unpaired) electrons. The molecule has 194 valence electrons. The minimum Gasteiger partial charge on any atom is -0.200 e. The topological polar surface area (TPSA) is 0 Å². The predicted molar refractivity (Wildman–Crippen MR) is 86.5 cm³/mol. The fourth-order valence-electron chi connectivity index (χ4n) is 2.50. The zero-order chi connectivity index (χ0) is 25.9. The van der Waals surface area contributed by atoms with E-state index in [4.69, 9.17) is 0 Å². The first-order chi connectivity index (χ1) is 14.1. The molecular weight excluding hydrogens is 509 g/mol. The molecule has 0 amide bonds. The molecule has 0 aromatic rings. The second-order valence-electron chi connectivity index (χ2n) is 7.02. The summed E-state index contributed by atoms with van der Waals surface area (Å²) in [5.41, 5.74) is 0. The van der Waals surface area contributed by atoms with Crippen molar-refractivity contribution in [3.63, 3.8) is 0 Å². The quantitative estimate of drug-likeness (QED) is 0.131. The van der Waals surface area contributed by atoms with Crippen molar-refractivity contribution >= 4 is 12.6 Å². The van der Waals surface area contributed by atoms with Crippen LogP contribution in [0.3, 0.4) is 0 Å². The zero-order valence-electron chi connectivity index (χ0n) is 16.0. The summed E-state index contributed by atoms with van der Waals surface area (Å²) in [5, 5.41) is 0. The molecule has 0 fully saturated rings. The molecule has 0 atom stereocenters. The maximum atomic E-state index is 13.6. The van der Waals surface area contributed by atoms with Crippen LogP contribution in [0.5, 0.6) is 0 Å². The molecule has 0 aliphatic heterocycles. The molecule has 0 spiro atoms. The molecule has 0 unspecified atom stereocenters. The van der Waals surface area contributed by atoms with Gasteiger partial charge >= 0.3 is 41.7 Å². The Kier molecular flexibility index (Phi) is 10.1. The van der Waals surface area contributed by atoms with Gasteiger partial charge < -0.3 is 0 Å². The molecule has 0 aliphatic rings. The molecule has 0 saturated heterocycles. The van der Waals surface area contributed by atoms with Crippen LogP contribution in [0.4, 0.5) is 65.9 Å². The van der Waals surface area contributed by atoms with Gasteiger partial charge in [-0.05, 0) is 18.6 Å². The van der Waals surface area contributed by atoms with Crippen LogP contribution in [0.15, 0.2) is 0 Å². The number of rotatable bonds is 14. The average Bonchev–Trinajstić information content (AvgIpc) is 2.62. The van der Waals surface area contributed by atoms with Crippen LogP contribution in [-0.2, 0) is 0 Å². The maximum absolute atomic E-state index is 13.6. The summed E-state index contributed by atoms with van der Waals surface area (Å²) in [7, 11) is 0. The van der Waals surface area contributed by atoms with E-state index in [1.54, 1.807) is 0 Å². The van der Waals surface area contributed by atoms with Crippen LogP contribution in [0.25, 0.3) is 0 Å². The van der Waals surface area contributed by atoms with Gasteiger partial charge in [0.15, 0.2) is 0 Å². The number of halogens is 15. The van der Waals surface area contributed by atoms with Gasteiger partial charge in [-0.3, -0.25) is 0 Å². The summed E-state index contributed by atoms with van der Waals surface area (Å²) in [6.45, 7) is 0. The van der Waals surface area contributed by atoms with Crippen LogP contribution in [0.1, 0.15) is 51.4 Å². The Morgan fingerprint density at radius 2 is 0.688 bits per heavy atom. The number of hydrogen-bond donors (Lipinski definition) is 1. The van der Waals surface area contributed by atoms with Crippen LogP contribution in [-0.4, -0.2) is 47.5 Å². The summed E-state index contributed by atoms with van der Waals surface area (Å²) < 4.78 is 195. The summed E-state index contributed by atoms with van der Waals surface area (Å²) >= 11 is 3.92. The van der Waals surface area contributed by atoms with E-state index in [2.05, 4.69) is 12.6 Å². The van der Waals surface area contributed by atoms with Crippen molar-refractivity contribution in [2.45, 2.75) is 93.1 Å². The lowest BCUT2D eigenvalue weighted by molar-refractivity contribution is -0.452. The Labute approximate surface area is 178 Å². The van der Waals surface area contributed by atoms with E-state index in [0.717, 1.165) is 0 Å². The SMILES string of the molecule is FC(F)(F)C(F)(F)C(F)(F)C(F)(F)C(F)(F)C(F)(F)C(F)(F)CCCCCCCCCS. The molecule has 0 N–H and O–H groups in total. The molecule has 0 rings (SSSR count). The fraction of sp³-hybridized carbons (Fsp3) is 1.00. The predicted octanol–water partition coefficient (Wildman–Crippen LogP) is 8.41. The molecule has 0 aliphatic carbocycles. The van der Waals surface area contributed by atoms with Crippen LogP contribution in [0, 0.1) is 0 Å². The molecule has 0 aromatic carbocycles. The third kappa shape index (κ3) is 5.68. The minimum atomic E-state index is -8.21. The maximum Gasteiger partial charge on any atom is 0.460 e. The lowest BCUT2D eigenvalue weighted by Gasteiger charge is -2.41. The Bertz CT molecular complexity index is 582. The molecular formula is C16H19F15S. The van der Waals surface area contributed by atoms with Crippen LogP contribution >= 0.6 is 12.6 Å². The highest BCUT2D eigenvalue weighted by molar-refractivity contribution is 7.80. The zero-order valence-corrected chi connectivity index (χ0v) is 16.9. The number of alkyl halides is 15. The van der Waals surface area contributed by atoms with Gasteiger partial charge in [0.2, 0.25) is 0 Å². The van der Waals surface area contributed by atoms with Gasteiger partial charge in [-0.1, -0.05) is 32.1 Å². The van der Waals surface area contributed by atoms with Crippen LogP contribution < -0.4 is 0 Å². The molecule has 0 saturated carbocycles. The Morgan fingerprint density at radius 3 is 1.06 bits per heavy atom. The highest BCUT2D eigenvalue weighted by Gasteiger charge is 2.93. The van der Waals surface area contributed by atoms with E-state index < -0.39 is 54.6 Å². The molecule has 0 heterocycles. The van der Waals surface area contributed by atoms with Crippen molar-refractivity contribution in [1.82, 2.24) is 0 Å². The second kappa shape index (κ2) is 10.3. The molecule has 16 heteroatoms. The Balaban J connectivity index is 5.55. The van der Waals surface area contributed by atoms with Gasteiger partial charge in [0.25, 0.3) is 0 Å². The first-order valence-electron chi connectivity index (χ1n) is 9.00. The van der Waals surface area contributed by atoms with E-state index in [-0.39, 0.29) is 12.8 Å². The number of unbranched alkanes of at least 4 members (excludes halogenated alkanes) is 6. The van der Waals surface area contributed by atoms with Gasteiger partial charge in [0, 0.05) is 6.42 Å². The number of thiol groups is 1. The van der Waals surface area contributed by atoms with Crippen molar-refractivity contribution < 1.29 is 65.9 Å². The van der Waals surface area contributed by atoms with Crippen molar-refractivity contribution in [1.29, 1.82) is 0 Å². The van der Waals surface area contributed by atoms with Crippen molar-refractivity contribution in [3.8, 4) is 0 Å². The summed E-state index contributed by atoms with van der Waals surface area (Å²) in [6.07, 6.45) is -8.53. The largest absolute Gasteiger partial charge is 0.460 e. The third-order valence-corrected chi connectivity index (χ3v) is 4.86. The van der Waals surface area contributed by atoms with Crippen molar-refractivity contribution in [2.75, 3.05) is 5.75 Å². The molecule has 0 nitrogen and oxygen atoms in total. The average molecular weight is 528 g/mol. The van der Waals surface area contributed by atoms with E-state index in [9.17, 15) is 65.9 Å². The second-order valence-corrected chi connectivity index (χ2v) is 7.47. The van der Waals surface area contributed by atoms with Crippen molar-refractivity contribution in [3.05, 3.63) is 0 Å². The summed E-state index contributed by atoms with van der Waals surface area (Å²) in [4.78, 5) is 0. The first kappa shape index (κ1) is 31.3. The molecule has 32 heavy (non-hydrogen) atoms. The van der Waals surface area contributed by atoms with Crippen molar-refractivity contribution in [2.24, 2.45) is 0 Å². The smallest absolute Gasteiger partial charge is 0.200 e. The Morgan fingerprint density at radius 1 is 0.375 bits per heavy atom. The normalized spacial score (nSPS) is 15.4. The molecule has 0 aromatic heterocycles. The van der Waals surface area contributed by atoms with E-state index >= 15 is 0 Å². The van der Waals surface area contributed by atoms with Gasteiger partial charge in [0.1, 0.15) is 0 Å². The third-order valence-electron chi connectivity index (χ3n) is 4.54. The highest BCUT2D eigenvalue weighted by atomic mass is 32.1. The molecule has 0 bridgehead atoms. The lowest BCUT2D eigenvalue weighted by atomic mass is 9.89. The number of hydrogen-bond acceptors (Lipinski definition) is 1. The van der Waals surface area contributed by atoms with Gasteiger partial charge in [-0.15, -0.1) is 0 Å².